The standard InChI is InChI=1S/C22H27ClN6O2/c23-17-5-1-15(2-6-17)14-29-11-8-22(7-10-24,9-12-29)27-13-18(20(26)30)19(25)28-21(31)16-3-4-16/h1-2,5-6,13,16,27H,3-4,7-9,11-12,14H2,(H2,26,30)(H2,25,28,31)/b18-13+. The third-order valence-electron chi connectivity index (χ3n) is 5.80. The van der Waals surface area contributed by atoms with Gasteiger partial charge in [0.15, 0.2) is 0 Å². The zero-order valence-corrected chi connectivity index (χ0v) is 18.0. The van der Waals surface area contributed by atoms with E-state index in [9.17, 15) is 14.9 Å². The number of piperidine rings is 1. The van der Waals surface area contributed by atoms with Crippen molar-refractivity contribution < 1.29 is 9.59 Å². The number of nitrogens with zero attached hydrogens (tertiary/aromatic N) is 2. The van der Waals surface area contributed by atoms with Crippen molar-refractivity contribution in [2.75, 3.05) is 13.1 Å². The fraction of sp³-hybridized carbons (Fsp3) is 0.455. The Bertz CT molecular complexity index is 909. The predicted molar refractivity (Wildman–Crippen MR) is 118 cm³/mol. The van der Waals surface area contributed by atoms with Crippen LogP contribution in [0.15, 0.2) is 36.0 Å². The van der Waals surface area contributed by atoms with Gasteiger partial charge in [0.05, 0.1) is 23.6 Å². The number of carbonyl (C=O) groups is 2. The van der Waals surface area contributed by atoms with E-state index in [1.165, 1.54) is 11.8 Å². The quantitative estimate of drug-likeness (QED) is 0.277. The highest BCUT2D eigenvalue weighted by Gasteiger charge is 2.34. The average molecular weight is 443 g/mol. The second-order valence-corrected chi connectivity index (χ2v) is 8.66. The van der Waals surface area contributed by atoms with Crippen LogP contribution >= 0.6 is 11.6 Å². The van der Waals surface area contributed by atoms with Gasteiger partial charge in [-0.05, 0) is 43.4 Å². The average Bonchev–Trinajstić information content (AvgIpc) is 3.57. The summed E-state index contributed by atoms with van der Waals surface area (Å²) in [4.78, 5) is 26.1. The minimum atomic E-state index is -0.805. The van der Waals surface area contributed by atoms with Gasteiger partial charge >= 0.3 is 0 Å². The predicted octanol–water partition coefficient (Wildman–Crippen LogP) is 2.05. The number of nitriles is 1. The van der Waals surface area contributed by atoms with Crippen LogP contribution in [0.1, 0.15) is 37.7 Å². The molecule has 31 heavy (non-hydrogen) atoms. The lowest BCUT2D eigenvalue weighted by molar-refractivity contribution is -0.120. The molecule has 5 N–H and O–H groups in total. The van der Waals surface area contributed by atoms with E-state index in [-0.39, 0.29) is 29.7 Å². The van der Waals surface area contributed by atoms with E-state index >= 15 is 0 Å². The lowest BCUT2D eigenvalue weighted by Crippen LogP contribution is -2.51. The summed E-state index contributed by atoms with van der Waals surface area (Å²) in [5, 5.41) is 23.8. The highest BCUT2D eigenvalue weighted by atomic mass is 35.5. The van der Waals surface area contributed by atoms with Crippen LogP contribution in [0.5, 0.6) is 0 Å². The van der Waals surface area contributed by atoms with Gasteiger partial charge in [0, 0.05) is 36.8 Å². The zero-order valence-electron chi connectivity index (χ0n) is 17.3. The molecule has 1 aromatic rings. The van der Waals surface area contributed by atoms with Crippen molar-refractivity contribution in [3.8, 4) is 6.07 Å². The maximum absolute atomic E-state index is 11.9. The number of halogens is 1. The third kappa shape index (κ3) is 6.29. The van der Waals surface area contributed by atoms with Crippen molar-refractivity contribution in [1.82, 2.24) is 15.5 Å². The topological polar surface area (TPSA) is 135 Å². The number of carbonyl (C=O) groups excluding carboxylic acids is 2. The van der Waals surface area contributed by atoms with Crippen molar-refractivity contribution in [3.05, 3.63) is 46.6 Å². The summed E-state index contributed by atoms with van der Waals surface area (Å²) in [6.45, 7) is 2.33. The van der Waals surface area contributed by atoms with Gasteiger partial charge in [0.1, 0.15) is 5.84 Å². The normalized spacial score (nSPS) is 18.6. The molecule has 1 saturated heterocycles. The Hall–Kier alpha value is -2.89. The Balaban J connectivity index is 1.62. The number of amides is 2. The van der Waals surface area contributed by atoms with E-state index in [2.05, 4.69) is 21.6 Å². The van der Waals surface area contributed by atoms with Crippen molar-refractivity contribution >= 4 is 29.3 Å². The van der Waals surface area contributed by atoms with Crippen LogP contribution in [0.2, 0.25) is 5.02 Å². The van der Waals surface area contributed by atoms with Crippen molar-refractivity contribution in [2.45, 2.75) is 44.2 Å². The Labute approximate surface area is 186 Å². The smallest absolute Gasteiger partial charge is 0.253 e. The van der Waals surface area contributed by atoms with Crippen LogP contribution in [-0.4, -0.2) is 41.2 Å². The molecule has 0 radical (unpaired) electrons. The molecule has 0 unspecified atom stereocenters. The molecular weight excluding hydrogens is 416 g/mol. The second-order valence-electron chi connectivity index (χ2n) is 8.22. The van der Waals surface area contributed by atoms with Crippen LogP contribution in [0, 0.1) is 22.7 Å². The van der Waals surface area contributed by atoms with Gasteiger partial charge in [-0.25, -0.2) is 0 Å². The number of hydrogen-bond acceptors (Lipinski definition) is 6. The lowest BCUT2D eigenvalue weighted by Gasteiger charge is -2.41. The summed E-state index contributed by atoms with van der Waals surface area (Å²) in [7, 11) is 0. The number of amidine groups is 1. The Kier molecular flexibility index (Phi) is 7.31. The van der Waals surface area contributed by atoms with Gasteiger partial charge in [-0.3, -0.25) is 19.9 Å². The molecule has 1 aromatic carbocycles. The first-order valence-electron chi connectivity index (χ1n) is 10.3. The summed E-state index contributed by atoms with van der Waals surface area (Å²) in [5.41, 5.74) is 5.98. The minimum Gasteiger partial charge on any atom is -0.384 e. The van der Waals surface area contributed by atoms with E-state index in [1.807, 2.05) is 24.3 Å². The van der Waals surface area contributed by atoms with Crippen molar-refractivity contribution in [2.24, 2.45) is 11.7 Å². The van der Waals surface area contributed by atoms with Gasteiger partial charge in [-0.2, -0.15) is 5.26 Å². The maximum Gasteiger partial charge on any atom is 0.253 e. The molecule has 1 aliphatic carbocycles. The molecule has 1 heterocycles. The molecule has 0 bridgehead atoms. The van der Waals surface area contributed by atoms with Crippen LogP contribution in [0.4, 0.5) is 0 Å². The van der Waals surface area contributed by atoms with Crippen LogP contribution in [0.25, 0.3) is 0 Å². The van der Waals surface area contributed by atoms with Gasteiger partial charge in [0.2, 0.25) is 5.91 Å². The second kappa shape index (κ2) is 9.94. The van der Waals surface area contributed by atoms with Crippen LogP contribution < -0.4 is 16.4 Å². The van der Waals surface area contributed by atoms with E-state index in [0.29, 0.717) is 17.9 Å². The number of hydrogen-bond donors (Lipinski definition) is 4. The zero-order chi connectivity index (χ0) is 22.4. The number of rotatable bonds is 8. The summed E-state index contributed by atoms with van der Waals surface area (Å²) in [5.74, 6) is -1.47. The highest BCUT2D eigenvalue weighted by Crippen LogP contribution is 2.29. The molecule has 0 spiro atoms. The first-order chi connectivity index (χ1) is 14.8. The van der Waals surface area contributed by atoms with Gasteiger partial charge in [-0.15, -0.1) is 0 Å². The highest BCUT2D eigenvalue weighted by molar-refractivity contribution is 6.30. The number of likely N-dealkylation sites (tertiary alicyclic amines) is 1. The van der Waals surface area contributed by atoms with Gasteiger partial charge in [0.25, 0.3) is 5.91 Å². The first kappa shape index (κ1) is 22.8. The summed E-state index contributed by atoms with van der Waals surface area (Å²) in [6, 6.07) is 9.97. The van der Waals surface area contributed by atoms with E-state index in [4.69, 9.17) is 22.7 Å². The van der Waals surface area contributed by atoms with E-state index in [0.717, 1.165) is 32.5 Å². The fourth-order valence-electron chi connectivity index (χ4n) is 3.64. The number of primary amides is 1. The molecular formula is C22H27ClN6O2. The molecule has 0 aromatic heterocycles. The maximum atomic E-state index is 11.9. The van der Waals surface area contributed by atoms with Crippen LogP contribution in [0.3, 0.4) is 0 Å². The summed E-state index contributed by atoms with van der Waals surface area (Å²) in [6.07, 6.45) is 4.61. The molecule has 2 aliphatic rings. The van der Waals surface area contributed by atoms with Crippen molar-refractivity contribution in [3.63, 3.8) is 0 Å². The first-order valence-corrected chi connectivity index (χ1v) is 10.7. The van der Waals surface area contributed by atoms with Gasteiger partial charge < -0.3 is 16.4 Å². The molecule has 3 rings (SSSR count). The van der Waals surface area contributed by atoms with E-state index < -0.39 is 11.4 Å². The van der Waals surface area contributed by atoms with Crippen molar-refractivity contribution in [1.29, 1.82) is 10.7 Å². The number of nitrogens with two attached hydrogens (primary N) is 1. The summed E-state index contributed by atoms with van der Waals surface area (Å²) < 4.78 is 0. The molecule has 9 heteroatoms. The monoisotopic (exact) mass is 442 g/mol. The summed E-state index contributed by atoms with van der Waals surface area (Å²) >= 11 is 5.95. The molecule has 1 saturated carbocycles. The number of nitrogens with one attached hydrogen (secondary N) is 3. The van der Waals surface area contributed by atoms with E-state index in [1.54, 1.807) is 0 Å². The third-order valence-corrected chi connectivity index (χ3v) is 6.06. The largest absolute Gasteiger partial charge is 0.384 e. The molecule has 1 aliphatic heterocycles. The van der Waals surface area contributed by atoms with Crippen LogP contribution in [-0.2, 0) is 16.1 Å². The fourth-order valence-corrected chi connectivity index (χ4v) is 3.77. The Morgan fingerprint density at radius 2 is 1.94 bits per heavy atom. The Morgan fingerprint density at radius 1 is 1.29 bits per heavy atom. The molecule has 0 atom stereocenters. The molecule has 2 amide bonds. The minimum absolute atomic E-state index is 0.0858. The van der Waals surface area contributed by atoms with Gasteiger partial charge in [-0.1, -0.05) is 23.7 Å². The molecule has 164 valence electrons. The molecule has 8 nitrogen and oxygen atoms in total. The number of benzene rings is 1. The SMILES string of the molecule is N#CCC1(N/C=C(\C(=N)NC(=O)C2CC2)C(N)=O)CCN(Cc2ccc(Cl)cc2)CC1. The Morgan fingerprint density at radius 3 is 2.48 bits per heavy atom. The lowest BCUT2D eigenvalue weighted by atomic mass is 9.84. The molecule has 2 fully saturated rings.